The highest BCUT2D eigenvalue weighted by molar-refractivity contribution is 9.10. The molecule has 0 aromatic heterocycles. The minimum Gasteiger partial charge on any atom is -0.478 e. The number of carbonyl (C=O) groups is 1. The van der Waals surface area contributed by atoms with Gasteiger partial charge in [-0.1, -0.05) is 13.8 Å². The average molecular weight is 294 g/mol. The summed E-state index contributed by atoms with van der Waals surface area (Å²) in [6.07, 6.45) is 0. The molecule has 0 spiro atoms. The molecule has 0 fully saturated rings. The molecule has 0 bridgehead atoms. The molecule has 0 saturated carbocycles. The van der Waals surface area contributed by atoms with Gasteiger partial charge in [0.05, 0.1) is 0 Å². The Labute approximate surface area is 99.9 Å². The third-order valence-corrected chi connectivity index (χ3v) is 2.37. The van der Waals surface area contributed by atoms with E-state index in [1.165, 1.54) is 0 Å². The Bertz CT molecular complexity index is 424. The first kappa shape index (κ1) is 12.9. The monoisotopic (exact) mass is 293 g/mol. The molecule has 88 valence electrons. The van der Waals surface area contributed by atoms with Crippen LogP contribution < -0.4 is 10.1 Å². The van der Waals surface area contributed by atoms with Crippen molar-refractivity contribution in [1.29, 1.82) is 0 Å². The minimum atomic E-state index is -1.09. The van der Waals surface area contributed by atoms with Crippen molar-refractivity contribution in [3.05, 3.63) is 22.2 Å². The van der Waals surface area contributed by atoms with Crippen molar-refractivity contribution in [3.8, 4) is 5.75 Å². The Hall–Kier alpha value is -1.17. The van der Waals surface area contributed by atoms with Crippen LogP contribution in [0.1, 0.15) is 13.8 Å². The van der Waals surface area contributed by atoms with Crippen LogP contribution in [0, 0.1) is 11.6 Å². The molecule has 6 heteroatoms. The maximum Gasteiger partial charge on any atom is 0.262 e. The van der Waals surface area contributed by atoms with E-state index in [1.54, 1.807) is 0 Å². The Morgan fingerprint density at radius 1 is 1.44 bits per heavy atom. The van der Waals surface area contributed by atoms with E-state index in [4.69, 9.17) is 4.74 Å². The van der Waals surface area contributed by atoms with E-state index in [-0.39, 0.29) is 22.5 Å². The van der Waals surface area contributed by atoms with Crippen LogP contribution in [0.25, 0.3) is 0 Å². The second-order valence-electron chi connectivity index (χ2n) is 2.70. The van der Waals surface area contributed by atoms with Gasteiger partial charge in [-0.05, 0) is 22.0 Å². The van der Waals surface area contributed by atoms with Crippen molar-refractivity contribution < 1.29 is 18.3 Å². The van der Waals surface area contributed by atoms with Crippen LogP contribution in [-0.2, 0) is 4.79 Å². The molecule has 0 saturated heterocycles. The first-order chi connectivity index (χ1) is 7.59. The van der Waals surface area contributed by atoms with Crippen molar-refractivity contribution in [3.63, 3.8) is 0 Å². The number of anilines is 1. The lowest BCUT2D eigenvalue weighted by molar-refractivity contribution is -0.118. The van der Waals surface area contributed by atoms with E-state index in [2.05, 4.69) is 21.2 Å². The number of benzene rings is 1. The Morgan fingerprint density at radius 3 is 2.69 bits per heavy atom. The highest BCUT2D eigenvalue weighted by atomic mass is 79.9. The van der Waals surface area contributed by atoms with Crippen LogP contribution in [0.3, 0.4) is 0 Å². The van der Waals surface area contributed by atoms with Crippen molar-refractivity contribution in [1.82, 2.24) is 0 Å². The Morgan fingerprint density at radius 2 is 2.06 bits per heavy atom. The zero-order valence-electron chi connectivity index (χ0n) is 8.73. The van der Waals surface area contributed by atoms with Gasteiger partial charge in [0.1, 0.15) is 5.69 Å². The number of hydrogen-bond acceptors (Lipinski definition) is 2. The van der Waals surface area contributed by atoms with Gasteiger partial charge in [0.25, 0.3) is 5.91 Å². The zero-order chi connectivity index (χ0) is 12.3. The van der Waals surface area contributed by atoms with Crippen LogP contribution in [0.5, 0.6) is 5.75 Å². The highest BCUT2D eigenvalue weighted by Gasteiger charge is 2.24. The molecule has 2 rings (SSSR count). The van der Waals surface area contributed by atoms with Crippen LogP contribution in [0.4, 0.5) is 14.5 Å². The summed E-state index contributed by atoms with van der Waals surface area (Å²) >= 11 is 2.99. The summed E-state index contributed by atoms with van der Waals surface area (Å²) in [4.78, 5) is 10.9. The lowest BCUT2D eigenvalue weighted by atomic mass is 10.2. The second kappa shape index (κ2) is 5.25. The lowest BCUT2D eigenvalue weighted by Gasteiger charge is -2.19. The van der Waals surface area contributed by atoms with Crippen LogP contribution >= 0.6 is 15.9 Å². The number of ether oxygens (including phenoxy) is 1. The smallest absolute Gasteiger partial charge is 0.262 e. The zero-order valence-corrected chi connectivity index (χ0v) is 10.3. The molecule has 1 aliphatic rings. The van der Waals surface area contributed by atoms with Gasteiger partial charge in [0.2, 0.25) is 5.82 Å². The molecule has 1 aromatic rings. The molecule has 1 aliphatic heterocycles. The fourth-order valence-corrected chi connectivity index (χ4v) is 1.62. The van der Waals surface area contributed by atoms with Crippen molar-refractivity contribution in [2.75, 3.05) is 11.9 Å². The fourth-order valence-electron chi connectivity index (χ4n) is 1.14. The van der Waals surface area contributed by atoms with Crippen LogP contribution in [0.15, 0.2) is 10.5 Å². The number of fused-ring (bicyclic) bond motifs is 1. The third-order valence-electron chi connectivity index (χ3n) is 1.74. The maximum absolute atomic E-state index is 13.1. The number of halogens is 3. The molecule has 1 heterocycles. The lowest BCUT2D eigenvalue weighted by Crippen LogP contribution is -2.26. The molecule has 1 N–H and O–H groups in total. The molecule has 3 nitrogen and oxygen atoms in total. The second-order valence-corrected chi connectivity index (χ2v) is 3.55. The third kappa shape index (κ3) is 2.32. The largest absolute Gasteiger partial charge is 0.478 e. The van der Waals surface area contributed by atoms with Crippen LogP contribution in [0.2, 0.25) is 0 Å². The van der Waals surface area contributed by atoms with Crippen molar-refractivity contribution in [2.24, 2.45) is 0 Å². The van der Waals surface area contributed by atoms with Gasteiger partial charge in [-0.25, -0.2) is 4.39 Å². The predicted octanol–water partition coefficient (Wildman–Crippen LogP) is 3.08. The maximum atomic E-state index is 13.1. The van der Waals surface area contributed by atoms with Gasteiger partial charge in [0.15, 0.2) is 18.2 Å². The molecule has 16 heavy (non-hydrogen) atoms. The molecular formula is C10H10BrF2NO2. The fraction of sp³-hybridized carbons (Fsp3) is 0.300. The van der Waals surface area contributed by atoms with E-state index in [9.17, 15) is 13.6 Å². The summed E-state index contributed by atoms with van der Waals surface area (Å²) in [5.74, 6) is -2.78. The van der Waals surface area contributed by atoms with E-state index in [0.29, 0.717) is 0 Å². The van der Waals surface area contributed by atoms with Gasteiger partial charge in [-0.3, -0.25) is 4.79 Å². The van der Waals surface area contributed by atoms with Gasteiger partial charge in [0, 0.05) is 4.47 Å². The number of amides is 1. The van der Waals surface area contributed by atoms with Crippen LogP contribution in [-0.4, -0.2) is 12.5 Å². The average Bonchev–Trinajstić information content (AvgIpc) is 2.29. The first-order valence-electron chi connectivity index (χ1n) is 4.69. The normalized spacial score (nSPS) is 12.9. The summed E-state index contributed by atoms with van der Waals surface area (Å²) in [6, 6.07) is 0.934. The summed E-state index contributed by atoms with van der Waals surface area (Å²) in [5.41, 5.74) is 0.125. The van der Waals surface area contributed by atoms with Gasteiger partial charge < -0.3 is 10.1 Å². The predicted molar refractivity (Wildman–Crippen MR) is 59.5 cm³/mol. The highest BCUT2D eigenvalue weighted by Crippen LogP contribution is 2.38. The summed E-state index contributed by atoms with van der Waals surface area (Å²) in [5, 5.41) is 2.38. The van der Waals surface area contributed by atoms with E-state index < -0.39 is 17.5 Å². The quantitative estimate of drug-likeness (QED) is 0.747. The molecule has 0 radical (unpaired) electrons. The SMILES string of the molecule is CC.O=C1COc2c(F)c(F)cc(Br)c2N1. The summed E-state index contributed by atoms with van der Waals surface area (Å²) < 4.78 is 31.0. The molecule has 0 atom stereocenters. The summed E-state index contributed by atoms with van der Waals surface area (Å²) in [7, 11) is 0. The van der Waals surface area contributed by atoms with Gasteiger partial charge in [-0.15, -0.1) is 0 Å². The summed E-state index contributed by atoms with van der Waals surface area (Å²) in [6.45, 7) is 3.69. The number of hydrogen-bond donors (Lipinski definition) is 1. The molecule has 1 aromatic carbocycles. The Kier molecular flexibility index (Phi) is 4.23. The van der Waals surface area contributed by atoms with Gasteiger partial charge in [-0.2, -0.15) is 4.39 Å². The topological polar surface area (TPSA) is 38.3 Å². The molecule has 1 amide bonds. The molecule has 0 aliphatic carbocycles. The first-order valence-corrected chi connectivity index (χ1v) is 5.49. The van der Waals surface area contributed by atoms with E-state index in [1.807, 2.05) is 13.8 Å². The van der Waals surface area contributed by atoms with Gasteiger partial charge >= 0.3 is 0 Å². The van der Waals surface area contributed by atoms with E-state index in [0.717, 1.165) is 6.07 Å². The standard InChI is InChI=1S/C8H4BrF2NO2.C2H6/c9-3-1-4(10)6(11)8-7(3)12-5(13)2-14-8;1-2/h1H,2H2,(H,12,13);1-2H3. The molecule has 0 unspecified atom stereocenters. The minimum absolute atomic E-state index is 0.125. The van der Waals surface area contributed by atoms with Crippen molar-refractivity contribution >= 4 is 27.5 Å². The number of carbonyl (C=O) groups excluding carboxylic acids is 1. The Balaban J connectivity index is 0.000000606. The van der Waals surface area contributed by atoms with Crippen molar-refractivity contribution in [2.45, 2.75) is 13.8 Å². The molecular weight excluding hydrogens is 284 g/mol. The van der Waals surface area contributed by atoms with E-state index >= 15 is 0 Å². The number of rotatable bonds is 0. The number of nitrogens with one attached hydrogen (secondary N) is 1.